The topological polar surface area (TPSA) is 54.9 Å². The molecule has 0 atom stereocenters. The molecule has 16 heavy (non-hydrogen) atoms. The Hall–Kier alpha value is -1.16. The molecular formula is C11H14ClN3O. The predicted octanol–water partition coefficient (Wildman–Crippen LogP) is 2.15. The Bertz CT molecular complexity index is 416. The molecule has 2 rings (SSSR count). The van der Waals surface area contributed by atoms with Gasteiger partial charge in [-0.25, -0.2) is 9.97 Å². The highest BCUT2D eigenvalue weighted by Gasteiger charge is 2.25. The number of hydrogen-bond donors (Lipinski definition) is 1. The molecule has 4 nitrogen and oxygen atoms in total. The maximum Gasteiger partial charge on any atom is 0.271 e. The average Bonchev–Trinajstić information content (AvgIpc) is 3.01. The summed E-state index contributed by atoms with van der Waals surface area (Å²) < 4.78 is 0. The Morgan fingerprint density at radius 3 is 2.81 bits per heavy atom. The Morgan fingerprint density at radius 1 is 1.56 bits per heavy atom. The maximum atomic E-state index is 11.8. The van der Waals surface area contributed by atoms with Crippen LogP contribution in [0.5, 0.6) is 0 Å². The molecule has 0 spiro atoms. The van der Waals surface area contributed by atoms with Crippen LogP contribution in [0.2, 0.25) is 5.02 Å². The predicted molar refractivity (Wildman–Crippen MR) is 61.6 cm³/mol. The zero-order valence-corrected chi connectivity index (χ0v) is 10.1. The number of aromatic nitrogens is 2. The van der Waals surface area contributed by atoms with E-state index in [0.29, 0.717) is 16.9 Å². The number of carbonyl (C=O) groups is 1. The summed E-state index contributed by atoms with van der Waals surface area (Å²) >= 11 is 5.91. The van der Waals surface area contributed by atoms with E-state index in [0.717, 1.165) is 12.8 Å². The molecule has 1 aliphatic carbocycles. The lowest BCUT2D eigenvalue weighted by atomic mass is 10.2. The van der Waals surface area contributed by atoms with E-state index in [9.17, 15) is 4.79 Å². The molecule has 1 aromatic heterocycles. The van der Waals surface area contributed by atoms with E-state index >= 15 is 0 Å². The largest absolute Gasteiger partial charge is 0.348 e. The first-order chi connectivity index (χ1) is 7.58. The van der Waals surface area contributed by atoms with E-state index in [1.165, 1.54) is 6.20 Å². The van der Waals surface area contributed by atoms with Crippen molar-refractivity contribution in [1.82, 2.24) is 15.3 Å². The fourth-order valence-corrected chi connectivity index (χ4v) is 1.48. The van der Waals surface area contributed by atoms with E-state index in [2.05, 4.69) is 15.3 Å². The van der Waals surface area contributed by atoms with Crippen molar-refractivity contribution in [2.75, 3.05) is 0 Å². The monoisotopic (exact) mass is 239 g/mol. The van der Waals surface area contributed by atoms with Crippen molar-refractivity contribution in [3.63, 3.8) is 0 Å². The molecule has 0 unspecified atom stereocenters. The van der Waals surface area contributed by atoms with Gasteiger partial charge in [0.05, 0.1) is 11.2 Å². The summed E-state index contributed by atoms with van der Waals surface area (Å²) in [4.78, 5) is 20.1. The van der Waals surface area contributed by atoms with E-state index in [-0.39, 0.29) is 17.5 Å². The minimum absolute atomic E-state index is 0.185. The molecule has 0 aromatic carbocycles. The molecule has 1 heterocycles. The Kier molecular flexibility index (Phi) is 3.10. The third-order valence-corrected chi connectivity index (χ3v) is 2.68. The zero-order chi connectivity index (χ0) is 11.7. The van der Waals surface area contributed by atoms with Crippen molar-refractivity contribution in [3.8, 4) is 0 Å². The number of hydrogen-bond acceptors (Lipinski definition) is 3. The molecule has 0 bridgehead atoms. The van der Waals surface area contributed by atoms with Crippen LogP contribution in [0.25, 0.3) is 0 Å². The highest BCUT2D eigenvalue weighted by Crippen LogP contribution is 2.21. The number of rotatable bonds is 3. The molecule has 0 aliphatic heterocycles. The van der Waals surface area contributed by atoms with E-state index in [4.69, 9.17) is 11.6 Å². The van der Waals surface area contributed by atoms with Crippen molar-refractivity contribution in [2.24, 2.45) is 0 Å². The van der Waals surface area contributed by atoms with Crippen LogP contribution in [0.15, 0.2) is 6.20 Å². The molecule has 1 N–H and O–H groups in total. The highest BCUT2D eigenvalue weighted by molar-refractivity contribution is 6.33. The first-order valence-corrected chi connectivity index (χ1v) is 5.79. The van der Waals surface area contributed by atoms with Crippen molar-refractivity contribution in [1.29, 1.82) is 0 Å². The highest BCUT2D eigenvalue weighted by atomic mass is 35.5. The van der Waals surface area contributed by atoms with Gasteiger partial charge in [0.15, 0.2) is 0 Å². The van der Waals surface area contributed by atoms with Gasteiger partial charge in [0, 0.05) is 12.0 Å². The third-order valence-electron chi connectivity index (χ3n) is 2.41. The molecule has 5 heteroatoms. The summed E-state index contributed by atoms with van der Waals surface area (Å²) in [7, 11) is 0. The smallest absolute Gasteiger partial charge is 0.271 e. The molecule has 1 saturated carbocycles. The first kappa shape index (κ1) is 11.3. The molecule has 1 amide bonds. The standard InChI is InChI=1S/C11H14ClN3O/c1-6(2)10-13-5-8(12)9(15-10)11(16)14-7-3-4-7/h5-7H,3-4H2,1-2H3,(H,14,16). The molecule has 1 fully saturated rings. The fraction of sp³-hybridized carbons (Fsp3) is 0.545. The lowest BCUT2D eigenvalue weighted by Gasteiger charge is -2.08. The van der Waals surface area contributed by atoms with Crippen LogP contribution < -0.4 is 5.32 Å². The van der Waals surface area contributed by atoms with Gasteiger partial charge < -0.3 is 5.32 Å². The molecule has 0 radical (unpaired) electrons. The summed E-state index contributed by atoms with van der Waals surface area (Å²) in [6.45, 7) is 3.96. The summed E-state index contributed by atoms with van der Waals surface area (Å²) in [5, 5.41) is 3.17. The van der Waals surface area contributed by atoms with Gasteiger partial charge in [-0.15, -0.1) is 0 Å². The van der Waals surface area contributed by atoms with Gasteiger partial charge in [-0.3, -0.25) is 4.79 Å². The van der Waals surface area contributed by atoms with E-state index < -0.39 is 0 Å². The number of nitrogens with one attached hydrogen (secondary N) is 1. The SMILES string of the molecule is CC(C)c1ncc(Cl)c(C(=O)NC2CC2)n1. The van der Waals surface area contributed by atoms with Crippen molar-refractivity contribution >= 4 is 17.5 Å². The molecule has 1 aliphatic rings. The number of nitrogens with zero attached hydrogens (tertiary/aromatic N) is 2. The number of halogens is 1. The second-order valence-corrected chi connectivity index (χ2v) is 4.73. The van der Waals surface area contributed by atoms with Gasteiger partial charge in [0.25, 0.3) is 5.91 Å². The van der Waals surface area contributed by atoms with Crippen molar-refractivity contribution in [2.45, 2.75) is 38.6 Å². The van der Waals surface area contributed by atoms with Crippen molar-refractivity contribution in [3.05, 3.63) is 22.7 Å². The zero-order valence-electron chi connectivity index (χ0n) is 9.33. The van der Waals surface area contributed by atoms with Crippen LogP contribution in [-0.2, 0) is 0 Å². The van der Waals surface area contributed by atoms with Gasteiger partial charge >= 0.3 is 0 Å². The van der Waals surface area contributed by atoms with Crippen molar-refractivity contribution < 1.29 is 4.79 Å². The quantitative estimate of drug-likeness (QED) is 0.879. The molecular weight excluding hydrogens is 226 g/mol. The van der Waals surface area contributed by atoms with E-state index in [1.807, 2.05) is 13.8 Å². The average molecular weight is 240 g/mol. The van der Waals surface area contributed by atoms with Crippen LogP contribution >= 0.6 is 11.6 Å². The minimum atomic E-state index is -0.197. The van der Waals surface area contributed by atoms with E-state index in [1.54, 1.807) is 0 Å². The Balaban J connectivity index is 2.23. The first-order valence-electron chi connectivity index (χ1n) is 5.41. The summed E-state index contributed by atoms with van der Waals surface area (Å²) in [6, 6.07) is 0.307. The lowest BCUT2D eigenvalue weighted by Crippen LogP contribution is -2.27. The lowest BCUT2D eigenvalue weighted by molar-refractivity contribution is 0.0945. The molecule has 0 saturated heterocycles. The Labute approximate surface area is 99.4 Å². The maximum absolute atomic E-state index is 11.8. The van der Waals surface area contributed by atoms with Gasteiger partial charge in [-0.2, -0.15) is 0 Å². The molecule has 86 valence electrons. The fourth-order valence-electron chi connectivity index (χ4n) is 1.30. The van der Waals surface area contributed by atoms with Crippen LogP contribution in [0.1, 0.15) is 48.9 Å². The van der Waals surface area contributed by atoms with Crippen LogP contribution in [0, 0.1) is 0 Å². The van der Waals surface area contributed by atoms with Crippen LogP contribution in [0.3, 0.4) is 0 Å². The van der Waals surface area contributed by atoms with Crippen LogP contribution in [-0.4, -0.2) is 21.9 Å². The number of carbonyl (C=O) groups excluding carboxylic acids is 1. The minimum Gasteiger partial charge on any atom is -0.348 e. The van der Waals surface area contributed by atoms with Gasteiger partial charge in [-0.1, -0.05) is 25.4 Å². The Morgan fingerprint density at radius 2 is 2.25 bits per heavy atom. The summed E-state index contributed by atoms with van der Waals surface area (Å²) in [5.74, 6) is 0.631. The summed E-state index contributed by atoms with van der Waals surface area (Å²) in [6.07, 6.45) is 3.59. The van der Waals surface area contributed by atoms with Gasteiger partial charge in [-0.05, 0) is 12.8 Å². The second kappa shape index (κ2) is 4.37. The number of amides is 1. The second-order valence-electron chi connectivity index (χ2n) is 4.33. The van der Waals surface area contributed by atoms with Gasteiger partial charge in [0.1, 0.15) is 11.5 Å². The van der Waals surface area contributed by atoms with Crippen LogP contribution in [0.4, 0.5) is 0 Å². The third kappa shape index (κ3) is 2.50. The summed E-state index contributed by atoms with van der Waals surface area (Å²) in [5.41, 5.74) is 0.285. The van der Waals surface area contributed by atoms with Gasteiger partial charge in [0.2, 0.25) is 0 Å². The normalized spacial score (nSPS) is 15.2. The molecule has 1 aromatic rings.